The molecule has 0 aromatic heterocycles. The van der Waals surface area contributed by atoms with Crippen LogP contribution in [-0.2, 0) is 4.74 Å². The lowest BCUT2D eigenvalue weighted by Crippen LogP contribution is -1.84. The van der Waals surface area contributed by atoms with Crippen LogP contribution in [0, 0.1) is 0 Å². The maximum absolute atomic E-state index is 4.83. The van der Waals surface area contributed by atoms with E-state index >= 15 is 0 Å². The van der Waals surface area contributed by atoms with Crippen molar-refractivity contribution in [3.8, 4) is 0 Å². The SMILES string of the molecule is CCOCC.O.O.O.O.O.O.O.O.O.O.O.O.O.O.O.O.O.O.O.O.O.O.O.O.O.O.O.O.O.O.O.O.O.O.O.O.O.O.O.O.O.O.O.O.O.O.O.O.O.O.O.O.O.O.O.O.O.O.O.O.O.O.O.O.O.O.O.O.O.O.O.O.O.O.O.O.O.O.O.O.O.O.O.O.O.O.O.O.O.O.O.O.O.O.O.O.O.O.O. The molecular weight excluding hydrogens is 1650 g/mol. The largest absolute Gasteiger partial charge is 0.412 e. The molecule has 0 heterocycles. The highest BCUT2D eigenvalue weighted by atomic mass is 16.5. The highest BCUT2D eigenvalue weighted by Gasteiger charge is 1.64. The Labute approximate surface area is 576 Å². The Bertz CT molecular complexity index is 32.0. The molecule has 0 fully saturated rings. The van der Waals surface area contributed by atoms with Gasteiger partial charge in [-0.1, -0.05) is 0 Å². The van der Waals surface area contributed by atoms with Gasteiger partial charge in [0.05, 0.1) is 0 Å². The maximum Gasteiger partial charge on any atom is 0.0437 e. The summed E-state index contributed by atoms with van der Waals surface area (Å²) in [4.78, 5) is 0. The van der Waals surface area contributed by atoms with Crippen molar-refractivity contribution in [3.05, 3.63) is 0 Å². The molecule has 100 heteroatoms. The molecule has 0 amide bonds. The van der Waals surface area contributed by atoms with E-state index in [0.29, 0.717) is 0 Å². The van der Waals surface area contributed by atoms with E-state index in [1.54, 1.807) is 0 Å². The summed E-state index contributed by atoms with van der Waals surface area (Å²) in [6.45, 7) is 5.67. The zero-order valence-electron chi connectivity index (χ0n) is 53.3. The summed E-state index contributed by atoms with van der Waals surface area (Å²) in [5.74, 6) is 0. The Morgan fingerprint density at radius 2 is 0.0865 bits per heavy atom. The first-order valence-electron chi connectivity index (χ1n) is 1.99. The van der Waals surface area contributed by atoms with Gasteiger partial charge in [-0.15, -0.1) is 0 Å². The smallest absolute Gasteiger partial charge is 0.0437 e. The molecule has 0 aliphatic carbocycles. The molecule has 0 aliphatic heterocycles. The van der Waals surface area contributed by atoms with Gasteiger partial charge in [0.25, 0.3) is 0 Å². The van der Waals surface area contributed by atoms with Crippen LogP contribution in [0.4, 0.5) is 0 Å². The minimum Gasteiger partial charge on any atom is -0.412 e. The zero-order chi connectivity index (χ0) is 4.12. The number of hydrogen-bond acceptors (Lipinski definition) is 1. The van der Waals surface area contributed by atoms with Gasteiger partial charge in [-0.3, -0.25) is 0 Å². The van der Waals surface area contributed by atoms with Crippen LogP contribution in [0.3, 0.4) is 0 Å². The van der Waals surface area contributed by atoms with E-state index in [4.69, 9.17) is 4.74 Å². The van der Waals surface area contributed by atoms with Gasteiger partial charge in [0, 0.05) is 13.2 Å². The predicted molar refractivity (Wildman–Crippen MR) is 380 cm³/mol. The second-order valence-electron chi connectivity index (χ2n) is 0.781. The lowest BCUT2D eigenvalue weighted by Gasteiger charge is -1.86. The molecule has 0 atom stereocenters. The van der Waals surface area contributed by atoms with Gasteiger partial charge in [-0.25, -0.2) is 0 Å². The first-order chi connectivity index (χ1) is 2.41. The Kier molecular flexibility index (Phi) is 1260000000000000005636042452207474311168. The molecule has 0 aromatic carbocycles. The van der Waals surface area contributed by atoms with Gasteiger partial charge >= 0.3 is 0 Å². The Morgan fingerprint density at radius 1 is 0.0673 bits per heavy atom. The molecule has 0 aliphatic rings. The minimum atomic E-state index is 0. The van der Waals surface area contributed by atoms with Crippen molar-refractivity contribution in [2.45, 2.75) is 13.8 Å². The Hall–Kier alpha value is -4.00. The average Bonchev–Trinajstić information content (AvgIpc) is 1.41. The summed E-state index contributed by atoms with van der Waals surface area (Å²) in [5, 5.41) is 0. The van der Waals surface area contributed by atoms with Crippen LogP contribution in [0.25, 0.3) is 0 Å². The van der Waals surface area contributed by atoms with Gasteiger partial charge < -0.3 is 547 Å². The van der Waals surface area contributed by atoms with Crippen LogP contribution < -0.4 is 0 Å². The molecule has 0 unspecified atom stereocenters. The van der Waals surface area contributed by atoms with E-state index in [0.717, 1.165) is 13.2 Å². The topological polar surface area (TPSA) is 3130 Å². The highest BCUT2D eigenvalue weighted by molar-refractivity contribution is 4.07. The molecule has 198 N–H and O–H groups in total. The summed E-state index contributed by atoms with van der Waals surface area (Å²) >= 11 is 0. The molecule has 0 saturated heterocycles. The van der Waals surface area contributed by atoms with Gasteiger partial charge in [0.2, 0.25) is 0 Å². The lowest BCUT2D eigenvalue weighted by atomic mass is 10.8. The van der Waals surface area contributed by atoms with Crippen molar-refractivity contribution < 1.29 is 547 Å². The normalized spacial score (nSPS) is 0.404. The summed E-state index contributed by atoms with van der Waals surface area (Å²) < 4.78 is 4.83. The maximum atomic E-state index is 4.83. The zero-order valence-corrected chi connectivity index (χ0v) is 53.3. The van der Waals surface area contributed by atoms with Gasteiger partial charge in [0.1, 0.15) is 0 Å². The van der Waals surface area contributed by atoms with Crippen LogP contribution in [0.1, 0.15) is 13.8 Å². The monoisotopic (exact) mass is 1860 g/mol. The molecule has 0 spiro atoms. The molecule has 0 saturated carbocycles. The van der Waals surface area contributed by atoms with Crippen molar-refractivity contribution in [3.63, 3.8) is 0 Å². The van der Waals surface area contributed by atoms with E-state index in [9.17, 15) is 0 Å². The number of hydrogen-bond donors (Lipinski definition) is 0. The average molecular weight is 1860 g/mol. The van der Waals surface area contributed by atoms with Crippen molar-refractivity contribution in [2.75, 3.05) is 13.2 Å². The van der Waals surface area contributed by atoms with E-state index in [1.165, 1.54) is 0 Å². The molecule has 0 radical (unpaired) electrons. The summed E-state index contributed by atoms with van der Waals surface area (Å²) in [7, 11) is 0. The molecule has 100 nitrogen and oxygen atoms in total. The quantitative estimate of drug-likeness (QED) is 0.256. The minimum absolute atomic E-state index is 0. The third-order valence-electron chi connectivity index (χ3n) is 0.408. The van der Waals surface area contributed by atoms with Crippen molar-refractivity contribution in [1.29, 1.82) is 0 Å². The molecule has 0 bridgehead atoms. The van der Waals surface area contributed by atoms with E-state index < -0.39 is 0 Å². The van der Waals surface area contributed by atoms with Crippen LogP contribution >= 0.6 is 0 Å². The van der Waals surface area contributed by atoms with Gasteiger partial charge in [-0.2, -0.15) is 0 Å². The lowest BCUT2D eigenvalue weighted by molar-refractivity contribution is 0.162. The van der Waals surface area contributed by atoms with Crippen LogP contribution in [0.2, 0.25) is 0 Å². The Balaban J connectivity index is -0.0000000000165. The third kappa shape index (κ3) is 231000. The summed E-state index contributed by atoms with van der Waals surface area (Å²) in [6, 6.07) is 0. The number of rotatable bonds is 2. The third-order valence-corrected chi connectivity index (χ3v) is 0.408. The second kappa shape index (κ2) is 951000. The molecule has 0 rings (SSSR count). The highest BCUT2D eigenvalue weighted by Crippen LogP contribution is 1.64. The van der Waals surface area contributed by atoms with Crippen molar-refractivity contribution in [2.24, 2.45) is 0 Å². The van der Waals surface area contributed by atoms with E-state index in [2.05, 4.69) is 0 Å². The predicted octanol–water partition coefficient (Wildman–Crippen LogP) is -80.6. The first-order valence-corrected chi connectivity index (χ1v) is 1.99. The molecule has 104 heavy (non-hydrogen) atoms. The fourth-order valence-corrected chi connectivity index (χ4v) is 0.204. The molecule has 0 aromatic rings. The van der Waals surface area contributed by atoms with Crippen molar-refractivity contribution in [1.82, 2.24) is 0 Å². The molecule has 824 valence electrons. The standard InChI is InChI=1S/C4H10O.99H2O/c1-3-5-4-2;;;;;;;;;;;;;;;;;;;;;;;;;;;;;;;;;;;;;;;;;;;;;;;;;;;;;;;;;;;;;;;;;;;;;;;;;;;;;;;;;;;;;;;;;;;;;;;;;;;/h3-4H2,1-2H3;99*1H2. The van der Waals surface area contributed by atoms with E-state index in [-0.39, 0.29) is 542 Å². The fourth-order valence-electron chi connectivity index (χ4n) is 0.204. The van der Waals surface area contributed by atoms with Gasteiger partial charge in [-0.05, 0) is 13.8 Å². The van der Waals surface area contributed by atoms with Crippen molar-refractivity contribution >= 4 is 0 Å². The number of ether oxygens (including phenoxy) is 1. The molecular formula is C4H208O100. The van der Waals surface area contributed by atoms with Crippen LogP contribution in [-0.4, -0.2) is 555 Å². The Morgan fingerprint density at radius 3 is 0.0865 bits per heavy atom. The van der Waals surface area contributed by atoms with Crippen LogP contribution in [0.15, 0.2) is 0 Å². The summed E-state index contributed by atoms with van der Waals surface area (Å²) in [6.07, 6.45) is 0. The van der Waals surface area contributed by atoms with E-state index in [1.807, 2.05) is 13.8 Å². The van der Waals surface area contributed by atoms with Crippen LogP contribution in [0.5, 0.6) is 0 Å². The first kappa shape index (κ1) is 138000000000000007477361436100919296. The van der Waals surface area contributed by atoms with Gasteiger partial charge in [0.15, 0.2) is 0 Å². The second-order valence-corrected chi connectivity index (χ2v) is 0.781. The summed E-state index contributed by atoms with van der Waals surface area (Å²) in [5.41, 5.74) is 0. The fraction of sp³-hybridized carbons (Fsp3) is 1.00.